The van der Waals surface area contributed by atoms with E-state index >= 15 is 0 Å². The van der Waals surface area contributed by atoms with E-state index < -0.39 is 5.24 Å². The summed E-state index contributed by atoms with van der Waals surface area (Å²) >= 11 is 9.61. The first-order valence-electron chi connectivity index (χ1n) is 7.39. The van der Waals surface area contributed by atoms with Crippen molar-refractivity contribution < 1.29 is 9.59 Å². The van der Waals surface area contributed by atoms with Gasteiger partial charge in [0.15, 0.2) is 0 Å². The highest BCUT2D eigenvalue weighted by atomic mass is 127. The van der Waals surface area contributed by atoms with E-state index in [4.69, 9.17) is 11.6 Å². The van der Waals surface area contributed by atoms with Gasteiger partial charge in [-0.1, -0.05) is 0 Å². The normalized spacial score (nSPS) is 9.71. The number of halogens is 3. The van der Waals surface area contributed by atoms with Crippen LogP contribution < -0.4 is 0 Å². The Bertz CT molecular complexity index is 668. The van der Waals surface area contributed by atoms with Crippen molar-refractivity contribution in [2.75, 3.05) is 13.1 Å². The van der Waals surface area contributed by atoms with Gasteiger partial charge in [0.1, 0.15) is 0 Å². The largest absolute Gasteiger partial charge is 0.339 e. The fourth-order valence-corrected chi connectivity index (χ4v) is 2.71. The molecular formula is C18H18ClI2NO2. The van der Waals surface area contributed by atoms with Crippen LogP contribution in [0.25, 0.3) is 0 Å². The second kappa shape index (κ2) is 11.0. The third-order valence-electron chi connectivity index (χ3n) is 3.21. The minimum Gasteiger partial charge on any atom is -0.339 e. The summed E-state index contributed by atoms with van der Waals surface area (Å²) in [5, 5.41) is -0.406. The van der Waals surface area contributed by atoms with Crippen LogP contribution in [0, 0.1) is 7.14 Å². The zero-order valence-electron chi connectivity index (χ0n) is 13.4. The van der Waals surface area contributed by atoms with Crippen LogP contribution in [0.3, 0.4) is 0 Å². The highest BCUT2D eigenvalue weighted by molar-refractivity contribution is 14.1. The predicted octanol–water partition coefficient (Wildman–Crippen LogP) is 5.44. The number of hydrogen-bond acceptors (Lipinski definition) is 2. The van der Waals surface area contributed by atoms with Gasteiger partial charge in [-0.25, -0.2) is 0 Å². The lowest BCUT2D eigenvalue weighted by molar-refractivity contribution is 0.0773. The molecule has 3 nitrogen and oxygen atoms in total. The van der Waals surface area contributed by atoms with Crippen molar-refractivity contribution in [1.29, 1.82) is 0 Å². The Kier molecular flexibility index (Phi) is 9.84. The molecule has 0 saturated carbocycles. The van der Waals surface area contributed by atoms with Gasteiger partial charge in [0.25, 0.3) is 11.1 Å². The van der Waals surface area contributed by atoms with Crippen LogP contribution in [0.15, 0.2) is 48.5 Å². The number of carbonyl (C=O) groups is 2. The zero-order valence-corrected chi connectivity index (χ0v) is 18.5. The number of carbonyl (C=O) groups excluding carboxylic acids is 2. The third kappa shape index (κ3) is 7.06. The Labute approximate surface area is 175 Å². The number of benzene rings is 2. The molecule has 1 amide bonds. The minimum atomic E-state index is -0.406. The summed E-state index contributed by atoms with van der Waals surface area (Å²) in [7, 11) is 0. The molecule has 0 aromatic heterocycles. The maximum Gasteiger partial charge on any atom is 0.253 e. The van der Waals surface area contributed by atoms with Gasteiger partial charge in [-0.2, -0.15) is 0 Å². The van der Waals surface area contributed by atoms with Gasteiger partial charge in [0.05, 0.1) is 0 Å². The summed E-state index contributed by atoms with van der Waals surface area (Å²) in [6.07, 6.45) is 0. The molecule has 0 bridgehead atoms. The molecule has 0 fully saturated rings. The van der Waals surface area contributed by atoms with E-state index in [1.807, 2.05) is 55.1 Å². The minimum absolute atomic E-state index is 0.117. The van der Waals surface area contributed by atoms with Crippen LogP contribution >= 0.6 is 56.8 Å². The molecule has 0 aliphatic heterocycles. The Morgan fingerprint density at radius 3 is 1.54 bits per heavy atom. The van der Waals surface area contributed by atoms with Crippen molar-refractivity contribution in [3.05, 3.63) is 66.8 Å². The summed E-state index contributed by atoms with van der Waals surface area (Å²) in [6, 6.07) is 14.8. The number of amides is 1. The Morgan fingerprint density at radius 2 is 1.21 bits per heavy atom. The monoisotopic (exact) mass is 569 g/mol. The SMILES string of the molecule is CCN(CC)C(=O)c1ccc(I)cc1.O=C(Cl)c1ccc(I)cc1. The van der Waals surface area contributed by atoms with Gasteiger partial charge in [-0.3, -0.25) is 9.59 Å². The third-order valence-corrected chi connectivity index (χ3v) is 4.87. The topological polar surface area (TPSA) is 37.4 Å². The molecule has 0 atom stereocenters. The maximum atomic E-state index is 11.8. The van der Waals surface area contributed by atoms with E-state index in [9.17, 15) is 9.59 Å². The second-order valence-electron chi connectivity index (χ2n) is 4.76. The lowest BCUT2D eigenvalue weighted by Gasteiger charge is -2.18. The lowest BCUT2D eigenvalue weighted by atomic mass is 10.2. The van der Waals surface area contributed by atoms with E-state index in [0.717, 1.165) is 25.8 Å². The van der Waals surface area contributed by atoms with Crippen LogP contribution in [0.1, 0.15) is 34.6 Å². The van der Waals surface area contributed by atoms with E-state index in [1.165, 1.54) is 0 Å². The van der Waals surface area contributed by atoms with Crippen LogP contribution in [0.2, 0.25) is 0 Å². The standard InChI is InChI=1S/C11H14INO.C7H4ClIO/c1-3-13(4-2)11(14)9-5-7-10(12)8-6-9;8-7(10)5-1-3-6(9)4-2-5/h5-8H,3-4H2,1-2H3;1-4H. The van der Waals surface area contributed by atoms with Gasteiger partial charge in [-0.05, 0) is 119 Å². The molecule has 0 heterocycles. The van der Waals surface area contributed by atoms with Crippen molar-refractivity contribution in [2.24, 2.45) is 0 Å². The van der Waals surface area contributed by atoms with Crippen LogP contribution in [0.4, 0.5) is 0 Å². The maximum absolute atomic E-state index is 11.8. The average Bonchev–Trinajstić information content (AvgIpc) is 2.57. The van der Waals surface area contributed by atoms with Crippen molar-refractivity contribution in [3.63, 3.8) is 0 Å². The molecule has 2 aromatic rings. The Morgan fingerprint density at radius 1 is 0.833 bits per heavy atom. The first-order valence-corrected chi connectivity index (χ1v) is 9.92. The summed E-state index contributed by atoms with van der Waals surface area (Å²) in [4.78, 5) is 24.2. The van der Waals surface area contributed by atoms with Crippen molar-refractivity contribution >= 4 is 67.9 Å². The second-order valence-corrected chi connectivity index (χ2v) is 7.60. The summed E-state index contributed by atoms with van der Waals surface area (Å²) in [5.41, 5.74) is 1.32. The van der Waals surface area contributed by atoms with Crippen molar-refractivity contribution in [2.45, 2.75) is 13.8 Å². The van der Waals surface area contributed by atoms with Gasteiger partial charge in [-0.15, -0.1) is 0 Å². The summed E-state index contributed by atoms with van der Waals surface area (Å²) in [5.74, 6) is 0.117. The van der Waals surface area contributed by atoms with E-state index in [1.54, 1.807) is 12.1 Å². The van der Waals surface area contributed by atoms with Crippen LogP contribution in [-0.4, -0.2) is 29.1 Å². The molecule has 24 heavy (non-hydrogen) atoms. The van der Waals surface area contributed by atoms with E-state index in [-0.39, 0.29) is 5.91 Å². The molecule has 2 rings (SSSR count). The Balaban J connectivity index is 0.000000254. The molecule has 2 aromatic carbocycles. The predicted molar refractivity (Wildman–Crippen MR) is 116 cm³/mol. The first kappa shape index (κ1) is 21.4. The van der Waals surface area contributed by atoms with Crippen molar-refractivity contribution in [1.82, 2.24) is 4.90 Å². The molecule has 0 unspecified atom stereocenters. The van der Waals surface area contributed by atoms with E-state index in [2.05, 4.69) is 45.2 Å². The fraction of sp³-hybridized carbons (Fsp3) is 0.222. The summed E-state index contributed by atoms with van der Waals surface area (Å²) < 4.78 is 2.25. The molecule has 0 aliphatic rings. The fourth-order valence-electron chi connectivity index (χ4n) is 1.87. The first-order chi connectivity index (χ1) is 11.4. The van der Waals surface area contributed by atoms with Gasteiger partial charge >= 0.3 is 0 Å². The molecule has 0 N–H and O–H groups in total. The number of rotatable bonds is 4. The smallest absolute Gasteiger partial charge is 0.253 e. The lowest BCUT2D eigenvalue weighted by Crippen LogP contribution is -2.30. The molecule has 0 radical (unpaired) electrons. The van der Waals surface area contributed by atoms with Crippen LogP contribution in [-0.2, 0) is 0 Å². The average molecular weight is 570 g/mol. The number of hydrogen-bond donors (Lipinski definition) is 0. The number of nitrogens with zero attached hydrogens (tertiary/aromatic N) is 1. The van der Waals surface area contributed by atoms with Crippen molar-refractivity contribution in [3.8, 4) is 0 Å². The van der Waals surface area contributed by atoms with Crippen LogP contribution in [0.5, 0.6) is 0 Å². The molecule has 6 heteroatoms. The van der Waals surface area contributed by atoms with Gasteiger partial charge in [0.2, 0.25) is 0 Å². The quantitative estimate of drug-likeness (QED) is 0.363. The molecule has 0 spiro atoms. The van der Waals surface area contributed by atoms with Gasteiger partial charge < -0.3 is 4.90 Å². The Hall–Kier alpha value is -0.670. The highest BCUT2D eigenvalue weighted by Gasteiger charge is 2.11. The molecule has 0 aliphatic carbocycles. The molecule has 128 valence electrons. The highest BCUT2D eigenvalue weighted by Crippen LogP contribution is 2.09. The summed E-state index contributed by atoms with van der Waals surface area (Å²) in [6.45, 7) is 5.52. The molecule has 0 saturated heterocycles. The van der Waals surface area contributed by atoms with E-state index in [0.29, 0.717) is 5.56 Å². The zero-order chi connectivity index (χ0) is 18.1. The molecular weight excluding hydrogens is 551 g/mol. The van der Waals surface area contributed by atoms with Gasteiger partial charge in [0, 0.05) is 31.4 Å².